The van der Waals surface area contributed by atoms with Gasteiger partial charge in [-0.25, -0.2) is 9.78 Å². The Kier molecular flexibility index (Phi) is 4.35. The summed E-state index contributed by atoms with van der Waals surface area (Å²) in [6, 6.07) is 2.07. The van der Waals surface area contributed by atoms with Crippen molar-refractivity contribution >= 4 is 23.1 Å². The molecule has 0 bridgehead atoms. The van der Waals surface area contributed by atoms with Crippen LogP contribution in [0, 0.1) is 6.92 Å². The Bertz CT molecular complexity index is 805. The summed E-state index contributed by atoms with van der Waals surface area (Å²) >= 11 is 1.69. The molecule has 0 atom stereocenters. The minimum absolute atomic E-state index is 0.189. The van der Waals surface area contributed by atoms with E-state index in [9.17, 15) is 4.79 Å². The van der Waals surface area contributed by atoms with E-state index in [4.69, 9.17) is 4.74 Å². The van der Waals surface area contributed by atoms with E-state index in [0.717, 1.165) is 28.4 Å². The van der Waals surface area contributed by atoms with Gasteiger partial charge in [0, 0.05) is 35.7 Å². The number of nitrogens with zero attached hydrogens (tertiary/aromatic N) is 3. The summed E-state index contributed by atoms with van der Waals surface area (Å²) in [4.78, 5) is 24.5. The molecule has 0 aliphatic carbocycles. The maximum Gasteiger partial charge on any atom is 0.414 e. The zero-order valence-corrected chi connectivity index (χ0v) is 16.5. The lowest BCUT2D eigenvalue weighted by Gasteiger charge is -2.25. The number of ether oxygens (including phenoxy) is 1. The molecule has 2 aromatic rings. The smallest absolute Gasteiger partial charge is 0.414 e. The maximum atomic E-state index is 12.7. The van der Waals surface area contributed by atoms with Crippen LogP contribution in [0.15, 0.2) is 18.5 Å². The van der Waals surface area contributed by atoms with Crippen molar-refractivity contribution < 1.29 is 9.53 Å². The predicted octanol–water partition coefficient (Wildman–Crippen LogP) is 4.47. The van der Waals surface area contributed by atoms with E-state index in [1.165, 1.54) is 4.88 Å². The molecule has 0 unspecified atom stereocenters. The van der Waals surface area contributed by atoms with Gasteiger partial charge in [-0.05, 0) is 39.3 Å². The Hall–Kier alpha value is -1.95. The van der Waals surface area contributed by atoms with Gasteiger partial charge in [0.1, 0.15) is 5.60 Å². The molecule has 1 aliphatic heterocycles. The molecule has 0 spiro atoms. The highest BCUT2D eigenvalue weighted by Crippen LogP contribution is 2.40. The topological polar surface area (TPSA) is 55.3 Å². The van der Waals surface area contributed by atoms with Crippen molar-refractivity contribution in [3.8, 4) is 0 Å². The lowest BCUT2D eigenvalue weighted by Crippen LogP contribution is -2.38. The summed E-state index contributed by atoms with van der Waals surface area (Å²) in [6.07, 6.45) is 4.28. The van der Waals surface area contributed by atoms with E-state index >= 15 is 0 Å². The lowest BCUT2D eigenvalue weighted by atomic mass is 9.91. The minimum Gasteiger partial charge on any atom is -0.443 e. The molecule has 3 rings (SSSR count). The van der Waals surface area contributed by atoms with Gasteiger partial charge in [0.05, 0.1) is 16.4 Å². The summed E-state index contributed by atoms with van der Waals surface area (Å²) in [7, 11) is 0. The number of aryl methyl sites for hydroxylation is 1. The first-order valence-corrected chi connectivity index (χ1v) is 9.28. The molecule has 134 valence electrons. The van der Waals surface area contributed by atoms with Gasteiger partial charge < -0.3 is 4.74 Å². The summed E-state index contributed by atoms with van der Waals surface area (Å²) in [5.41, 5.74) is 2.18. The second-order valence-electron chi connectivity index (χ2n) is 8.18. The predicted molar refractivity (Wildman–Crippen MR) is 101 cm³/mol. The minimum atomic E-state index is -0.519. The van der Waals surface area contributed by atoms with Gasteiger partial charge in [-0.1, -0.05) is 13.8 Å². The number of carbonyl (C=O) groups excluding carboxylic acids is 1. The molecule has 2 aromatic heterocycles. The molecular weight excluding hydrogens is 334 g/mol. The van der Waals surface area contributed by atoms with Crippen LogP contribution in [-0.4, -0.2) is 28.2 Å². The number of pyridine rings is 1. The number of anilines is 1. The first kappa shape index (κ1) is 17.9. The Balaban J connectivity index is 1.91. The molecule has 1 aliphatic rings. The van der Waals surface area contributed by atoms with Crippen molar-refractivity contribution in [2.45, 2.75) is 59.0 Å². The lowest BCUT2D eigenvalue weighted by molar-refractivity contribution is 0.0579. The van der Waals surface area contributed by atoms with Gasteiger partial charge in [-0.2, -0.15) is 0 Å². The van der Waals surface area contributed by atoms with E-state index < -0.39 is 5.60 Å². The summed E-state index contributed by atoms with van der Waals surface area (Å²) in [5, 5.41) is 1.06. The zero-order chi connectivity index (χ0) is 18.4. The number of rotatable bonds is 2. The second-order valence-corrected chi connectivity index (χ2v) is 9.50. The van der Waals surface area contributed by atoms with Crippen LogP contribution >= 0.6 is 11.3 Å². The van der Waals surface area contributed by atoms with Crippen molar-refractivity contribution in [1.82, 2.24) is 9.97 Å². The van der Waals surface area contributed by atoms with Crippen LogP contribution in [0.5, 0.6) is 0 Å². The monoisotopic (exact) mass is 359 g/mol. The molecule has 0 N–H and O–H groups in total. The number of hydrogen-bond acceptors (Lipinski definition) is 5. The maximum absolute atomic E-state index is 12.7. The third-order valence-electron chi connectivity index (χ3n) is 4.07. The molecule has 1 amide bonds. The average Bonchev–Trinajstić information content (AvgIpc) is 2.98. The van der Waals surface area contributed by atoms with Crippen LogP contribution in [0.1, 0.15) is 55.8 Å². The normalized spacial score (nSPS) is 16.0. The van der Waals surface area contributed by atoms with E-state index in [0.29, 0.717) is 6.54 Å². The Labute approximate surface area is 153 Å². The number of hydrogen-bond donors (Lipinski definition) is 0. The van der Waals surface area contributed by atoms with Gasteiger partial charge in [-0.15, -0.1) is 11.3 Å². The van der Waals surface area contributed by atoms with Crippen molar-refractivity contribution in [3.63, 3.8) is 0 Å². The van der Waals surface area contributed by atoms with E-state index in [-0.39, 0.29) is 11.5 Å². The number of carbonyl (C=O) groups is 1. The highest BCUT2D eigenvalue weighted by atomic mass is 32.1. The number of aromatic nitrogens is 2. The molecule has 0 saturated heterocycles. The molecule has 3 heterocycles. The largest absolute Gasteiger partial charge is 0.443 e. The molecule has 25 heavy (non-hydrogen) atoms. The van der Waals surface area contributed by atoms with E-state index in [1.807, 2.05) is 40.1 Å². The fourth-order valence-corrected chi connectivity index (χ4v) is 3.87. The third-order valence-corrected chi connectivity index (χ3v) is 4.98. The SMILES string of the molecule is Cc1ncc(Cc2cnc3c(c2)N(C(=O)OC(C)(C)C)CC3(C)C)s1. The number of thiazole rings is 1. The highest BCUT2D eigenvalue weighted by Gasteiger charge is 2.41. The van der Waals surface area contributed by atoms with Gasteiger partial charge in [0.2, 0.25) is 0 Å². The molecule has 0 saturated carbocycles. The Morgan fingerprint density at radius 3 is 2.64 bits per heavy atom. The molecule has 0 radical (unpaired) electrons. The molecular formula is C19H25N3O2S. The Morgan fingerprint density at radius 2 is 2.04 bits per heavy atom. The number of fused-ring (bicyclic) bond motifs is 1. The van der Waals surface area contributed by atoms with Crippen LogP contribution in [0.25, 0.3) is 0 Å². The van der Waals surface area contributed by atoms with Gasteiger partial charge >= 0.3 is 6.09 Å². The van der Waals surface area contributed by atoms with Gasteiger partial charge in [-0.3, -0.25) is 9.88 Å². The van der Waals surface area contributed by atoms with E-state index in [2.05, 4.69) is 29.9 Å². The summed E-state index contributed by atoms with van der Waals surface area (Å²) in [5.74, 6) is 0. The van der Waals surface area contributed by atoms with Crippen molar-refractivity contribution in [3.05, 3.63) is 39.6 Å². The average molecular weight is 359 g/mol. The summed E-state index contributed by atoms with van der Waals surface area (Å²) in [6.45, 7) is 12.4. The first-order valence-electron chi connectivity index (χ1n) is 8.46. The van der Waals surface area contributed by atoms with E-state index in [1.54, 1.807) is 16.2 Å². The van der Waals surface area contributed by atoms with Crippen molar-refractivity contribution in [2.75, 3.05) is 11.4 Å². The standard InChI is InChI=1S/C19H25N3O2S/c1-12-20-10-14(25-12)7-13-8-15-16(21-9-13)19(5,6)11-22(15)17(23)24-18(2,3)4/h8-10H,7,11H2,1-6H3. The molecule has 0 aromatic carbocycles. The highest BCUT2D eigenvalue weighted by molar-refractivity contribution is 7.11. The third kappa shape index (κ3) is 3.84. The Morgan fingerprint density at radius 1 is 1.32 bits per heavy atom. The molecule has 5 nitrogen and oxygen atoms in total. The first-order chi connectivity index (χ1) is 11.5. The quantitative estimate of drug-likeness (QED) is 0.794. The van der Waals surface area contributed by atoms with Crippen LogP contribution in [0.3, 0.4) is 0 Å². The van der Waals surface area contributed by atoms with Crippen molar-refractivity contribution in [2.24, 2.45) is 0 Å². The van der Waals surface area contributed by atoms with Crippen LogP contribution in [-0.2, 0) is 16.6 Å². The van der Waals surface area contributed by atoms with Gasteiger partial charge in [0.25, 0.3) is 0 Å². The zero-order valence-electron chi connectivity index (χ0n) is 15.7. The second kappa shape index (κ2) is 6.09. The van der Waals surface area contributed by atoms with Crippen LogP contribution in [0.2, 0.25) is 0 Å². The van der Waals surface area contributed by atoms with Gasteiger partial charge in [0.15, 0.2) is 0 Å². The van der Waals surface area contributed by atoms with Crippen molar-refractivity contribution in [1.29, 1.82) is 0 Å². The van der Waals surface area contributed by atoms with Crippen LogP contribution < -0.4 is 4.90 Å². The summed E-state index contributed by atoms with van der Waals surface area (Å²) < 4.78 is 5.58. The number of amides is 1. The molecule has 0 fully saturated rings. The van der Waals surface area contributed by atoms with Crippen LogP contribution in [0.4, 0.5) is 10.5 Å². The fourth-order valence-electron chi connectivity index (χ4n) is 3.04. The molecule has 6 heteroatoms. The fraction of sp³-hybridized carbons (Fsp3) is 0.526.